The zero-order valence-corrected chi connectivity index (χ0v) is 15.0. The number of aromatic hydroxyl groups is 1. The van der Waals surface area contributed by atoms with Crippen LogP contribution >= 0.6 is 0 Å². The van der Waals surface area contributed by atoms with Gasteiger partial charge in [-0.1, -0.05) is 43.5 Å². The lowest BCUT2D eigenvalue weighted by molar-refractivity contribution is 0.402. The van der Waals surface area contributed by atoms with Crippen molar-refractivity contribution in [2.24, 2.45) is 0 Å². The SMILES string of the molecule is O=c1cc(O)nc(C2CCCCC2)n1-c1cccc(Oc2ccccc2)c1. The predicted molar refractivity (Wildman–Crippen MR) is 104 cm³/mol. The zero-order valence-electron chi connectivity index (χ0n) is 15.0. The molecule has 1 aromatic heterocycles. The summed E-state index contributed by atoms with van der Waals surface area (Å²) in [5, 5.41) is 9.90. The molecule has 0 atom stereocenters. The molecule has 0 saturated heterocycles. The van der Waals surface area contributed by atoms with E-state index in [4.69, 9.17) is 4.74 Å². The lowest BCUT2D eigenvalue weighted by Crippen LogP contribution is -2.25. The van der Waals surface area contributed by atoms with Crippen molar-refractivity contribution in [3.63, 3.8) is 0 Å². The van der Waals surface area contributed by atoms with Crippen LogP contribution in [0.3, 0.4) is 0 Å². The van der Waals surface area contributed by atoms with Crippen LogP contribution in [0.15, 0.2) is 65.5 Å². The van der Waals surface area contributed by atoms with Crippen molar-refractivity contribution < 1.29 is 9.84 Å². The van der Waals surface area contributed by atoms with Gasteiger partial charge in [-0.2, -0.15) is 4.98 Å². The smallest absolute Gasteiger partial charge is 0.261 e. The average molecular weight is 362 g/mol. The highest BCUT2D eigenvalue weighted by Gasteiger charge is 2.22. The minimum atomic E-state index is -0.278. The van der Waals surface area contributed by atoms with Gasteiger partial charge in [0, 0.05) is 12.0 Å². The topological polar surface area (TPSA) is 64.3 Å². The molecule has 0 amide bonds. The van der Waals surface area contributed by atoms with E-state index in [1.807, 2.05) is 54.6 Å². The number of aromatic nitrogens is 2. The van der Waals surface area contributed by atoms with Crippen LogP contribution in [0.4, 0.5) is 0 Å². The second-order valence-electron chi connectivity index (χ2n) is 6.89. The normalized spacial score (nSPS) is 14.8. The van der Waals surface area contributed by atoms with Crippen molar-refractivity contribution in [3.8, 4) is 23.1 Å². The first kappa shape index (κ1) is 17.3. The third kappa shape index (κ3) is 3.87. The molecular weight excluding hydrogens is 340 g/mol. The molecule has 0 unspecified atom stereocenters. The second-order valence-corrected chi connectivity index (χ2v) is 6.89. The van der Waals surface area contributed by atoms with Crippen LogP contribution in [0.25, 0.3) is 5.69 Å². The van der Waals surface area contributed by atoms with Gasteiger partial charge in [0.05, 0.1) is 11.8 Å². The Morgan fingerprint density at radius 1 is 0.926 bits per heavy atom. The molecule has 0 spiro atoms. The van der Waals surface area contributed by atoms with E-state index < -0.39 is 0 Å². The van der Waals surface area contributed by atoms with E-state index in [9.17, 15) is 9.90 Å². The molecule has 138 valence electrons. The lowest BCUT2D eigenvalue weighted by Gasteiger charge is -2.24. The zero-order chi connectivity index (χ0) is 18.6. The molecule has 5 heteroatoms. The van der Waals surface area contributed by atoms with Crippen LogP contribution in [0, 0.1) is 0 Å². The van der Waals surface area contributed by atoms with Crippen molar-refractivity contribution in [1.82, 2.24) is 9.55 Å². The molecule has 1 aliphatic carbocycles. The quantitative estimate of drug-likeness (QED) is 0.725. The Bertz CT molecular complexity index is 976. The first-order valence-electron chi connectivity index (χ1n) is 9.37. The van der Waals surface area contributed by atoms with Gasteiger partial charge in [-0.15, -0.1) is 0 Å². The summed E-state index contributed by atoms with van der Waals surface area (Å²) in [6.07, 6.45) is 5.41. The van der Waals surface area contributed by atoms with Crippen molar-refractivity contribution in [2.75, 3.05) is 0 Å². The van der Waals surface area contributed by atoms with Crippen molar-refractivity contribution in [1.29, 1.82) is 0 Å². The number of para-hydroxylation sites is 1. The van der Waals surface area contributed by atoms with Gasteiger partial charge in [-0.25, -0.2) is 0 Å². The highest BCUT2D eigenvalue weighted by atomic mass is 16.5. The van der Waals surface area contributed by atoms with Crippen molar-refractivity contribution in [3.05, 3.63) is 76.8 Å². The fourth-order valence-electron chi connectivity index (χ4n) is 3.69. The maximum absolute atomic E-state index is 12.7. The van der Waals surface area contributed by atoms with Crippen LogP contribution in [0.5, 0.6) is 17.4 Å². The molecule has 2 aromatic carbocycles. The van der Waals surface area contributed by atoms with E-state index in [1.54, 1.807) is 4.57 Å². The number of hydrogen-bond donors (Lipinski definition) is 1. The highest BCUT2D eigenvalue weighted by molar-refractivity contribution is 5.42. The number of benzene rings is 2. The minimum absolute atomic E-state index is 0.178. The Labute approximate surface area is 157 Å². The predicted octanol–water partition coefficient (Wildman–Crippen LogP) is 4.78. The van der Waals surface area contributed by atoms with Gasteiger partial charge in [0.25, 0.3) is 5.56 Å². The van der Waals surface area contributed by atoms with Gasteiger partial charge >= 0.3 is 0 Å². The molecule has 1 heterocycles. The number of rotatable bonds is 4. The maximum Gasteiger partial charge on any atom is 0.261 e. The van der Waals surface area contributed by atoms with Crippen molar-refractivity contribution >= 4 is 0 Å². The Hall–Kier alpha value is -3.08. The Balaban J connectivity index is 1.74. The number of ether oxygens (including phenoxy) is 1. The summed E-state index contributed by atoms with van der Waals surface area (Å²) < 4.78 is 7.51. The molecule has 27 heavy (non-hydrogen) atoms. The van der Waals surface area contributed by atoms with Crippen LogP contribution in [-0.2, 0) is 0 Å². The average Bonchev–Trinajstić information content (AvgIpc) is 2.69. The van der Waals surface area contributed by atoms with E-state index in [-0.39, 0.29) is 17.4 Å². The largest absolute Gasteiger partial charge is 0.493 e. The van der Waals surface area contributed by atoms with Crippen LogP contribution in [0.1, 0.15) is 43.8 Å². The van der Waals surface area contributed by atoms with E-state index in [1.165, 1.54) is 6.42 Å². The lowest BCUT2D eigenvalue weighted by atomic mass is 9.88. The Morgan fingerprint density at radius 3 is 2.44 bits per heavy atom. The van der Waals surface area contributed by atoms with Gasteiger partial charge in [0.15, 0.2) is 0 Å². The summed E-state index contributed by atoms with van der Waals surface area (Å²) >= 11 is 0. The standard InChI is InChI=1S/C22H22N2O3/c25-20-15-21(26)24(22(23-20)16-8-3-1-4-9-16)17-10-7-13-19(14-17)27-18-11-5-2-6-12-18/h2,5-7,10-16,25H,1,3-4,8-9H2. The molecule has 0 radical (unpaired) electrons. The van der Waals surface area contributed by atoms with Gasteiger partial charge in [-0.05, 0) is 37.1 Å². The van der Waals surface area contributed by atoms with Crippen LogP contribution in [-0.4, -0.2) is 14.7 Å². The summed E-state index contributed by atoms with van der Waals surface area (Å²) in [6.45, 7) is 0. The first-order chi connectivity index (χ1) is 13.2. The second kappa shape index (κ2) is 7.66. The van der Waals surface area contributed by atoms with E-state index in [0.717, 1.165) is 37.5 Å². The molecule has 3 aromatic rings. The van der Waals surface area contributed by atoms with E-state index in [0.29, 0.717) is 17.3 Å². The summed E-state index contributed by atoms with van der Waals surface area (Å²) in [5.74, 6) is 1.98. The van der Waals surface area contributed by atoms with Gasteiger partial charge < -0.3 is 9.84 Å². The summed E-state index contributed by atoms with van der Waals surface area (Å²) in [7, 11) is 0. The molecule has 4 rings (SSSR count). The van der Waals surface area contributed by atoms with Gasteiger partial charge in [0.2, 0.25) is 5.88 Å². The summed E-state index contributed by atoms with van der Waals surface area (Å²) in [6, 6.07) is 18.1. The molecule has 0 aliphatic heterocycles. The fourth-order valence-corrected chi connectivity index (χ4v) is 3.69. The van der Waals surface area contributed by atoms with Crippen LogP contribution in [0.2, 0.25) is 0 Å². The molecule has 1 N–H and O–H groups in total. The summed E-state index contributed by atoms with van der Waals surface area (Å²) in [5.41, 5.74) is 0.418. The van der Waals surface area contributed by atoms with Gasteiger partial charge in [0.1, 0.15) is 17.3 Å². The third-order valence-electron chi connectivity index (χ3n) is 4.96. The number of hydrogen-bond acceptors (Lipinski definition) is 4. The maximum atomic E-state index is 12.7. The molecule has 5 nitrogen and oxygen atoms in total. The van der Waals surface area contributed by atoms with E-state index in [2.05, 4.69) is 4.98 Å². The van der Waals surface area contributed by atoms with E-state index >= 15 is 0 Å². The van der Waals surface area contributed by atoms with Gasteiger partial charge in [-0.3, -0.25) is 9.36 Å². The monoisotopic (exact) mass is 362 g/mol. The molecule has 1 fully saturated rings. The molecule has 1 aliphatic rings. The summed E-state index contributed by atoms with van der Waals surface area (Å²) in [4.78, 5) is 17.0. The van der Waals surface area contributed by atoms with Crippen molar-refractivity contribution in [2.45, 2.75) is 38.0 Å². The molecule has 1 saturated carbocycles. The first-order valence-corrected chi connectivity index (χ1v) is 9.37. The Kier molecular flexibility index (Phi) is 4.92. The fraction of sp³-hybridized carbons (Fsp3) is 0.273. The third-order valence-corrected chi connectivity index (χ3v) is 4.96. The number of nitrogens with zero attached hydrogens (tertiary/aromatic N) is 2. The highest BCUT2D eigenvalue weighted by Crippen LogP contribution is 2.33. The Morgan fingerprint density at radius 2 is 1.67 bits per heavy atom. The molecule has 0 bridgehead atoms. The molecular formula is C22H22N2O3. The minimum Gasteiger partial charge on any atom is -0.493 e. The van der Waals surface area contributed by atoms with Crippen LogP contribution < -0.4 is 10.3 Å².